The second-order valence-electron chi connectivity index (χ2n) is 15.2. The number of nitrogens with zero attached hydrogens (tertiary/aromatic N) is 2. The van der Waals surface area contributed by atoms with Gasteiger partial charge in [-0.2, -0.15) is 13.5 Å². The van der Waals surface area contributed by atoms with Gasteiger partial charge in [-0.1, -0.05) is 44.2 Å². The van der Waals surface area contributed by atoms with Crippen molar-refractivity contribution in [2.75, 3.05) is 31.7 Å². The van der Waals surface area contributed by atoms with Crippen molar-refractivity contribution in [2.45, 2.75) is 81.4 Å². The van der Waals surface area contributed by atoms with Crippen LogP contribution in [0.15, 0.2) is 76.9 Å². The lowest BCUT2D eigenvalue weighted by molar-refractivity contribution is -0.141. The first-order chi connectivity index (χ1) is 30.9. The third-order valence-electron chi connectivity index (χ3n) is 9.76. The van der Waals surface area contributed by atoms with E-state index in [1.54, 1.807) is 44.2 Å². The highest BCUT2D eigenvalue weighted by atomic mass is 32.2. The Hall–Kier alpha value is -6.98. The number of rotatable bonds is 19. The van der Waals surface area contributed by atoms with Crippen LogP contribution in [0.5, 0.6) is 5.75 Å². The Labute approximate surface area is 375 Å². The average molecular weight is 923 g/mol. The number of anilines is 1. The second kappa shape index (κ2) is 24.8. The number of hydrogen-bond acceptors (Lipinski definition) is 14. The fourth-order valence-electron chi connectivity index (χ4n) is 6.32. The molecule has 1 aromatic heterocycles. The number of ether oxygens (including phenoxy) is 1. The number of hydrazone groups is 1. The van der Waals surface area contributed by atoms with Crippen LogP contribution in [0.25, 0.3) is 0 Å². The van der Waals surface area contributed by atoms with Crippen LogP contribution in [-0.4, -0.2) is 121 Å². The molecule has 22 nitrogen and oxygen atoms in total. The van der Waals surface area contributed by atoms with Crippen molar-refractivity contribution in [2.24, 2.45) is 16.8 Å². The lowest BCUT2D eigenvalue weighted by Crippen LogP contribution is -2.59. The van der Waals surface area contributed by atoms with E-state index in [4.69, 9.17) is 10.5 Å². The minimum Gasteiger partial charge on any atom is -0.494 e. The number of hydrogen-bond donors (Lipinski definition) is 10. The van der Waals surface area contributed by atoms with E-state index in [0.29, 0.717) is 37.1 Å². The van der Waals surface area contributed by atoms with Gasteiger partial charge in [-0.15, -0.1) is 0 Å². The van der Waals surface area contributed by atoms with Gasteiger partial charge in [-0.3, -0.25) is 43.5 Å². The molecular formula is C42H54N10O12S. The van der Waals surface area contributed by atoms with Crippen LogP contribution in [0.2, 0.25) is 0 Å². The van der Waals surface area contributed by atoms with Gasteiger partial charge in [0.25, 0.3) is 16.0 Å². The quantitative estimate of drug-likeness (QED) is 0.0323. The molecule has 0 bridgehead atoms. The number of nitrogens with one attached hydrogen (secondary N) is 7. The van der Waals surface area contributed by atoms with Gasteiger partial charge < -0.3 is 47.5 Å². The molecule has 350 valence electrons. The highest BCUT2D eigenvalue weighted by Gasteiger charge is 2.34. The number of aromatic nitrogens is 1. The van der Waals surface area contributed by atoms with Crippen LogP contribution in [0.4, 0.5) is 5.82 Å². The number of unbranched alkanes of at least 4 members (excludes halogenated alkanes) is 1. The minimum atomic E-state index is -4.45. The molecule has 2 aromatic carbocycles. The monoisotopic (exact) mass is 922 g/mol. The minimum absolute atomic E-state index is 0.115. The molecule has 1 saturated heterocycles. The number of carbonyl (C=O) groups excluding carboxylic acids is 6. The van der Waals surface area contributed by atoms with Crippen molar-refractivity contribution in [1.82, 2.24) is 36.9 Å². The molecule has 0 aliphatic carbocycles. The molecule has 1 aliphatic rings. The van der Waals surface area contributed by atoms with Crippen LogP contribution >= 0.6 is 0 Å². The molecule has 2 heterocycles. The van der Waals surface area contributed by atoms with Crippen molar-refractivity contribution < 1.29 is 56.4 Å². The van der Waals surface area contributed by atoms with Gasteiger partial charge >= 0.3 is 5.97 Å². The predicted octanol–water partition coefficient (Wildman–Crippen LogP) is -0.156. The molecule has 1 aliphatic heterocycles. The van der Waals surface area contributed by atoms with E-state index in [-0.39, 0.29) is 47.8 Å². The highest BCUT2D eigenvalue weighted by molar-refractivity contribution is 7.86. The number of nitrogens with two attached hydrogens (primary N) is 1. The molecule has 65 heavy (non-hydrogen) atoms. The van der Waals surface area contributed by atoms with Crippen LogP contribution in [-0.2, 0) is 45.3 Å². The zero-order valence-electron chi connectivity index (χ0n) is 35.7. The van der Waals surface area contributed by atoms with Gasteiger partial charge in [0.2, 0.25) is 29.5 Å². The van der Waals surface area contributed by atoms with Crippen molar-refractivity contribution in [3.63, 3.8) is 0 Å². The zero-order chi connectivity index (χ0) is 47.5. The Morgan fingerprint density at radius 3 is 2.26 bits per heavy atom. The van der Waals surface area contributed by atoms with Crippen LogP contribution < -0.4 is 47.8 Å². The zero-order valence-corrected chi connectivity index (χ0v) is 36.6. The number of carboxylic acid groups (broad SMARTS) is 1. The van der Waals surface area contributed by atoms with E-state index in [2.05, 4.69) is 47.4 Å². The number of pyridine rings is 1. The molecule has 23 heteroatoms. The summed E-state index contributed by atoms with van der Waals surface area (Å²) in [5.41, 5.74) is 9.20. The maximum atomic E-state index is 13.8. The Morgan fingerprint density at radius 2 is 1.60 bits per heavy atom. The van der Waals surface area contributed by atoms with E-state index in [1.807, 2.05) is 0 Å². The van der Waals surface area contributed by atoms with Crippen molar-refractivity contribution in [1.29, 1.82) is 0 Å². The predicted molar refractivity (Wildman–Crippen MR) is 235 cm³/mol. The Bertz CT molecular complexity index is 2290. The smallest absolute Gasteiger partial charge is 0.305 e. The largest absolute Gasteiger partial charge is 0.494 e. The Morgan fingerprint density at radius 1 is 0.892 bits per heavy atom. The summed E-state index contributed by atoms with van der Waals surface area (Å²) in [5.74, 6) is -5.51. The number of amides is 6. The molecular weight excluding hydrogens is 869 g/mol. The second-order valence-corrected chi connectivity index (χ2v) is 16.6. The Kier molecular flexibility index (Phi) is 19.3. The fraction of sp³-hybridized carbons (Fsp3) is 0.405. The average Bonchev–Trinajstić information content (AvgIpc) is 3.26. The topological polar surface area (TPSA) is 339 Å². The molecule has 0 radical (unpaired) electrons. The highest BCUT2D eigenvalue weighted by Crippen LogP contribution is 2.16. The standard InChI is InChI=1S/C42H54N10O12S/c1-25(2)37-42(60)50-31(41(59)49-32(21-36(54)55)39(57)46-24-35(53)48-30(40(58)51-37)9-5-6-17-43)20-26-11-14-29(15-12-26)64-19-7-18-44-38(56)28-13-16-34(45-22-28)52-47-23-27-8-3-4-10-33(27)65(61,62)63/h3-4,8,10-16,22-23,25,30-32,37H,5-7,9,17-21,24,43H2,1-2H3,(H,44,56)(H,45,52)(H,46,57)(H,48,53)(H,49,59)(H,50,60)(H,51,58)(H,54,55)(H,61,62,63)/t30?,31-,32-,37-/m1/s1. The van der Waals surface area contributed by atoms with Crippen molar-refractivity contribution in [3.05, 3.63) is 83.6 Å². The number of benzene rings is 2. The van der Waals surface area contributed by atoms with E-state index >= 15 is 0 Å². The molecule has 0 saturated carbocycles. The van der Waals surface area contributed by atoms with Crippen molar-refractivity contribution >= 4 is 63.6 Å². The first-order valence-electron chi connectivity index (χ1n) is 20.7. The molecule has 11 N–H and O–H groups in total. The molecule has 0 spiro atoms. The summed E-state index contributed by atoms with van der Waals surface area (Å²) in [5, 5.41) is 28.8. The molecule has 4 rings (SSSR count). The van der Waals surface area contributed by atoms with Gasteiger partial charge in [0.1, 0.15) is 40.6 Å². The third-order valence-corrected chi connectivity index (χ3v) is 10.7. The molecule has 1 fully saturated rings. The lowest BCUT2D eigenvalue weighted by atomic mass is 9.99. The van der Waals surface area contributed by atoms with Crippen LogP contribution in [0.1, 0.15) is 67.4 Å². The molecule has 6 amide bonds. The normalized spacial score (nSPS) is 18.9. The number of aliphatic carboxylic acids is 1. The van der Waals surface area contributed by atoms with Gasteiger partial charge in [-0.25, -0.2) is 4.98 Å². The molecule has 1 unspecified atom stereocenters. The Balaban J connectivity index is 1.35. The summed E-state index contributed by atoms with van der Waals surface area (Å²) in [6.07, 6.45) is 3.23. The first-order valence-corrected chi connectivity index (χ1v) is 22.1. The summed E-state index contributed by atoms with van der Waals surface area (Å²) in [6.45, 7) is 3.57. The van der Waals surface area contributed by atoms with Gasteiger partial charge in [0.15, 0.2) is 0 Å². The number of carbonyl (C=O) groups is 7. The van der Waals surface area contributed by atoms with Crippen molar-refractivity contribution in [3.8, 4) is 5.75 Å². The summed E-state index contributed by atoms with van der Waals surface area (Å²) in [4.78, 5) is 94.9. The molecule has 4 atom stereocenters. The third kappa shape index (κ3) is 16.6. The lowest BCUT2D eigenvalue weighted by Gasteiger charge is -2.27. The summed E-state index contributed by atoms with van der Waals surface area (Å²) in [6, 6.07) is 10.1. The summed E-state index contributed by atoms with van der Waals surface area (Å²) >= 11 is 0. The van der Waals surface area contributed by atoms with Crippen LogP contribution in [0, 0.1) is 5.92 Å². The summed E-state index contributed by atoms with van der Waals surface area (Å²) in [7, 11) is -4.45. The van der Waals surface area contributed by atoms with Crippen LogP contribution in [0.3, 0.4) is 0 Å². The van der Waals surface area contributed by atoms with Gasteiger partial charge in [-0.05, 0) is 74.0 Å². The fourth-order valence-corrected chi connectivity index (χ4v) is 6.99. The van der Waals surface area contributed by atoms with E-state index < -0.39 is 94.6 Å². The maximum absolute atomic E-state index is 13.8. The summed E-state index contributed by atoms with van der Waals surface area (Å²) < 4.78 is 38.3. The SMILES string of the molecule is CC(C)[C@H]1NC(=O)C(CCCCN)NC(=O)CNC(=O)[C@@H](CC(=O)O)NC(=O)[C@@H](Cc2ccc(OCCCNC(=O)c3ccc(NN=Cc4ccccc4S(=O)(=O)O)nc3)cc2)NC1=O. The molecule has 3 aromatic rings. The van der Waals surface area contributed by atoms with E-state index in [0.717, 1.165) is 0 Å². The first kappa shape index (κ1) is 50.7. The maximum Gasteiger partial charge on any atom is 0.305 e. The van der Waals surface area contributed by atoms with Gasteiger partial charge in [0, 0.05) is 24.7 Å². The van der Waals surface area contributed by atoms with E-state index in [9.17, 15) is 51.6 Å². The number of carboxylic acids is 1. The van der Waals surface area contributed by atoms with E-state index in [1.165, 1.54) is 42.7 Å². The van der Waals surface area contributed by atoms with Gasteiger partial charge in [0.05, 0.1) is 31.4 Å².